The van der Waals surface area contributed by atoms with Crippen molar-refractivity contribution in [3.8, 4) is 0 Å². The molecule has 5 N–H and O–H groups in total. The van der Waals surface area contributed by atoms with Crippen LogP contribution in [0.4, 0.5) is 11.4 Å². The Morgan fingerprint density at radius 2 is 1.63 bits per heavy atom. The number of benzene rings is 2. The second kappa shape index (κ2) is 5.22. The second-order valence-electron chi connectivity index (χ2n) is 3.99. The van der Waals surface area contributed by atoms with Gasteiger partial charge >= 0.3 is 0 Å². The maximum Gasteiger partial charge on any atom is 0.256 e. The van der Waals surface area contributed by atoms with E-state index >= 15 is 0 Å². The van der Waals surface area contributed by atoms with Gasteiger partial charge in [-0.25, -0.2) is 0 Å². The molecule has 2 rings (SSSR count). The molecule has 19 heavy (non-hydrogen) atoms. The van der Waals surface area contributed by atoms with E-state index < -0.39 is 11.8 Å². The average Bonchev–Trinajstić information content (AvgIpc) is 2.38. The summed E-state index contributed by atoms with van der Waals surface area (Å²) < 4.78 is 0. The van der Waals surface area contributed by atoms with Crippen LogP contribution in [0.15, 0.2) is 48.5 Å². The molecule has 0 aliphatic carbocycles. The van der Waals surface area contributed by atoms with Crippen molar-refractivity contribution in [3.63, 3.8) is 0 Å². The minimum atomic E-state index is -0.640. The largest absolute Gasteiger partial charge is 0.399 e. The molecule has 0 saturated carbocycles. The molecule has 0 fully saturated rings. The topological polar surface area (TPSA) is 98.2 Å². The zero-order valence-electron chi connectivity index (χ0n) is 10.1. The van der Waals surface area contributed by atoms with Gasteiger partial charge in [-0.15, -0.1) is 0 Å². The number of carbonyl (C=O) groups excluding carboxylic acids is 2. The molecule has 0 aliphatic rings. The summed E-state index contributed by atoms with van der Waals surface area (Å²) in [7, 11) is 0. The third-order valence-electron chi connectivity index (χ3n) is 2.58. The van der Waals surface area contributed by atoms with Crippen LogP contribution in [-0.4, -0.2) is 11.8 Å². The lowest BCUT2D eigenvalue weighted by Gasteiger charge is -2.08. The van der Waals surface area contributed by atoms with Crippen molar-refractivity contribution >= 4 is 23.2 Å². The zero-order valence-corrected chi connectivity index (χ0v) is 10.1. The highest BCUT2D eigenvalue weighted by Crippen LogP contribution is 2.15. The first-order valence-corrected chi connectivity index (χ1v) is 5.63. The van der Waals surface area contributed by atoms with Crippen LogP contribution in [0.2, 0.25) is 0 Å². The molecule has 96 valence electrons. The maximum absolute atomic E-state index is 12.1. The van der Waals surface area contributed by atoms with Gasteiger partial charge in [-0.2, -0.15) is 0 Å². The molecule has 0 heterocycles. The summed E-state index contributed by atoms with van der Waals surface area (Å²) >= 11 is 0. The first-order chi connectivity index (χ1) is 9.08. The van der Waals surface area contributed by atoms with Crippen LogP contribution < -0.4 is 16.8 Å². The molecule has 0 saturated heterocycles. The molecule has 5 heteroatoms. The Kier molecular flexibility index (Phi) is 3.47. The van der Waals surface area contributed by atoms with Gasteiger partial charge in [0.15, 0.2) is 0 Å². The lowest BCUT2D eigenvalue weighted by Crippen LogP contribution is -2.20. The molecular weight excluding hydrogens is 242 g/mol. The van der Waals surface area contributed by atoms with E-state index in [1.807, 2.05) is 0 Å². The van der Waals surface area contributed by atoms with Crippen molar-refractivity contribution in [1.82, 2.24) is 0 Å². The van der Waals surface area contributed by atoms with Crippen LogP contribution in [0.5, 0.6) is 0 Å². The summed E-state index contributed by atoms with van der Waals surface area (Å²) in [5.41, 5.74) is 12.4. The average molecular weight is 255 g/mol. The SMILES string of the molecule is NC(=O)c1ccccc1C(=O)Nc1cccc(N)c1. The van der Waals surface area contributed by atoms with Gasteiger partial charge < -0.3 is 16.8 Å². The predicted molar refractivity (Wildman–Crippen MR) is 73.8 cm³/mol. The Morgan fingerprint density at radius 1 is 0.947 bits per heavy atom. The zero-order chi connectivity index (χ0) is 13.8. The number of primary amides is 1. The van der Waals surface area contributed by atoms with E-state index in [-0.39, 0.29) is 11.1 Å². The van der Waals surface area contributed by atoms with E-state index in [1.165, 1.54) is 6.07 Å². The standard InChI is InChI=1S/C14H13N3O2/c15-9-4-3-5-10(8-9)17-14(19)12-7-2-1-6-11(12)13(16)18/h1-8H,15H2,(H2,16,18)(H,17,19). The quantitative estimate of drug-likeness (QED) is 0.727. The molecule has 0 spiro atoms. The van der Waals surface area contributed by atoms with Crippen LogP contribution in [0.25, 0.3) is 0 Å². The van der Waals surface area contributed by atoms with Gasteiger partial charge in [-0.1, -0.05) is 18.2 Å². The monoisotopic (exact) mass is 255 g/mol. The molecule has 2 aromatic rings. The fourth-order valence-corrected chi connectivity index (χ4v) is 1.71. The number of rotatable bonds is 3. The highest BCUT2D eigenvalue weighted by molar-refractivity contribution is 6.11. The van der Waals surface area contributed by atoms with Crippen LogP contribution in [0.1, 0.15) is 20.7 Å². The number of nitrogens with two attached hydrogens (primary N) is 2. The van der Waals surface area contributed by atoms with Crippen LogP contribution in [0, 0.1) is 0 Å². The van der Waals surface area contributed by atoms with Crippen LogP contribution >= 0.6 is 0 Å². The van der Waals surface area contributed by atoms with Gasteiger partial charge in [-0.05, 0) is 30.3 Å². The molecule has 2 amide bonds. The number of nitrogen functional groups attached to an aromatic ring is 1. The van der Waals surface area contributed by atoms with Gasteiger partial charge in [-0.3, -0.25) is 9.59 Å². The number of amides is 2. The van der Waals surface area contributed by atoms with Crippen molar-refractivity contribution in [2.24, 2.45) is 5.73 Å². The smallest absolute Gasteiger partial charge is 0.256 e. The second-order valence-corrected chi connectivity index (χ2v) is 3.99. The molecule has 2 aromatic carbocycles. The summed E-state index contributed by atoms with van der Waals surface area (Å²) in [5, 5.41) is 2.67. The Morgan fingerprint density at radius 3 is 2.26 bits per heavy atom. The van der Waals surface area contributed by atoms with Crippen molar-refractivity contribution in [2.75, 3.05) is 11.1 Å². The summed E-state index contributed by atoms with van der Waals surface area (Å²) in [6, 6.07) is 13.2. The first-order valence-electron chi connectivity index (χ1n) is 5.63. The van der Waals surface area contributed by atoms with Gasteiger partial charge in [0.1, 0.15) is 0 Å². The highest BCUT2D eigenvalue weighted by Gasteiger charge is 2.14. The lowest BCUT2D eigenvalue weighted by atomic mass is 10.1. The molecule has 0 aliphatic heterocycles. The molecule has 0 atom stereocenters. The minimum absolute atomic E-state index is 0.184. The van der Waals surface area contributed by atoms with Crippen LogP contribution in [0.3, 0.4) is 0 Å². The summed E-state index contributed by atoms with van der Waals surface area (Å²) in [6.07, 6.45) is 0. The van der Waals surface area contributed by atoms with Crippen molar-refractivity contribution < 1.29 is 9.59 Å². The fraction of sp³-hybridized carbons (Fsp3) is 0. The first kappa shape index (κ1) is 12.6. The number of nitrogens with one attached hydrogen (secondary N) is 1. The molecule has 0 bridgehead atoms. The third kappa shape index (κ3) is 2.90. The van der Waals surface area contributed by atoms with Crippen LogP contribution in [-0.2, 0) is 0 Å². The Bertz CT molecular complexity index is 638. The highest BCUT2D eigenvalue weighted by atomic mass is 16.2. The lowest BCUT2D eigenvalue weighted by molar-refractivity contribution is 0.0977. The van der Waals surface area contributed by atoms with Crippen molar-refractivity contribution in [2.45, 2.75) is 0 Å². The normalized spacial score (nSPS) is 9.89. The van der Waals surface area contributed by atoms with E-state index in [1.54, 1.807) is 42.5 Å². The molecular formula is C14H13N3O2. The summed E-state index contributed by atoms with van der Waals surface area (Å²) in [6.45, 7) is 0. The Balaban J connectivity index is 2.28. The Hall–Kier alpha value is -2.82. The number of hydrogen-bond acceptors (Lipinski definition) is 3. The van der Waals surface area contributed by atoms with Gasteiger partial charge in [0.2, 0.25) is 5.91 Å². The minimum Gasteiger partial charge on any atom is -0.399 e. The predicted octanol–water partition coefficient (Wildman–Crippen LogP) is 1.62. The molecule has 0 unspecified atom stereocenters. The van der Waals surface area contributed by atoms with E-state index in [9.17, 15) is 9.59 Å². The molecule has 0 aromatic heterocycles. The van der Waals surface area contributed by atoms with E-state index in [0.29, 0.717) is 11.4 Å². The van der Waals surface area contributed by atoms with E-state index in [0.717, 1.165) is 0 Å². The summed E-state index contributed by atoms with van der Waals surface area (Å²) in [4.78, 5) is 23.3. The van der Waals surface area contributed by atoms with Gasteiger partial charge in [0.25, 0.3) is 5.91 Å². The van der Waals surface area contributed by atoms with E-state index in [2.05, 4.69) is 5.32 Å². The van der Waals surface area contributed by atoms with Gasteiger partial charge in [0.05, 0.1) is 11.1 Å². The molecule has 5 nitrogen and oxygen atoms in total. The van der Waals surface area contributed by atoms with Gasteiger partial charge in [0, 0.05) is 11.4 Å². The van der Waals surface area contributed by atoms with Crippen molar-refractivity contribution in [3.05, 3.63) is 59.7 Å². The fourth-order valence-electron chi connectivity index (χ4n) is 1.71. The molecule has 0 radical (unpaired) electrons. The number of hydrogen-bond donors (Lipinski definition) is 3. The Labute approximate surface area is 110 Å². The number of anilines is 2. The maximum atomic E-state index is 12.1. The van der Waals surface area contributed by atoms with E-state index in [4.69, 9.17) is 11.5 Å². The van der Waals surface area contributed by atoms with Crippen molar-refractivity contribution in [1.29, 1.82) is 0 Å². The number of carbonyl (C=O) groups is 2. The summed E-state index contributed by atoms with van der Waals surface area (Å²) in [5.74, 6) is -1.04. The third-order valence-corrected chi connectivity index (χ3v) is 2.58.